The Morgan fingerprint density at radius 2 is 1.90 bits per heavy atom. The van der Waals surface area contributed by atoms with Gasteiger partial charge in [0.1, 0.15) is 0 Å². The van der Waals surface area contributed by atoms with Crippen LogP contribution < -0.4 is 0 Å². The number of aliphatic hydroxyl groups is 2. The molecule has 4 aliphatic carbocycles. The van der Waals surface area contributed by atoms with Gasteiger partial charge in [-0.3, -0.25) is 0 Å². The molecule has 9 atom stereocenters. The molecule has 4 aliphatic rings. The zero-order chi connectivity index (χ0) is 21.8. The SMILES string of the molecule is C=C(CC[C@@H](C)[C@H]1CC[C@H]2[C@@H]3CC=C4C[C@@H](O)CC[C@]4(C)[C@H]3[C@H](O)C[C@]12C)C(C)C. The first-order chi connectivity index (χ1) is 14.1. The molecule has 0 aliphatic heterocycles. The van der Waals surface area contributed by atoms with Crippen LogP contribution in [0.4, 0.5) is 0 Å². The number of fused-ring (bicyclic) bond motifs is 5. The third-order valence-corrected chi connectivity index (χ3v) is 10.5. The summed E-state index contributed by atoms with van der Waals surface area (Å²) in [6, 6.07) is 0. The van der Waals surface area contributed by atoms with Gasteiger partial charge in [-0.05, 0) is 104 Å². The highest BCUT2D eigenvalue weighted by Crippen LogP contribution is 2.67. The van der Waals surface area contributed by atoms with Crippen LogP contribution in [0.2, 0.25) is 0 Å². The van der Waals surface area contributed by atoms with Gasteiger partial charge in [0.2, 0.25) is 0 Å². The maximum Gasteiger partial charge on any atom is 0.0585 e. The number of hydrogen-bond acceptors (Lipinski definition) is 2. The molecule has 2 nitrogen and oxygen atoms in total. The van der Waals surface area contributed by atoms with Gasteiger partial charge in [0.15, 0.2) is 0 Å². The van der Waals surface area contributed by atoms with Gasteiger partial charge in [-0.15, -0.1) is 0 Å². The lowest BCUT2D eigenvalue weighted by Crippen LogP contribution is -2.56. The molecule has 0 bridgehead atoms. The summed E-state index contributed by atoms with van der Waals surface area (Å²) in [7, 11) is 0. The van der Waals surface area contributed by atoms with Crippen LogP contribution in [-0.4, -0.2) is 22.4 Å². The van der Waals surface area contributed by atoms with Gasteiger partial charge in [-0.25, -0.2) is 0 Å². The third kappa shape index (κ3) is 3.54. The van der Waals surface area contributed by atoms with Gasteiger partial charge < -0.3 is 10.2 Å². The Morgan fingerprint density at radius 1 is 1.17 bits per heavy atom. The van der Waals surface area contributed by atoms with E-state index >= 15 is 0 Å². The molecule has 0 spiro atoms. The molecule has 0 amide bonds. The van der Waals surface area contributed by atoms with Crippen molar-refractivity contribution in [2.75, 3.05) is 0 Å². The van der Waals surface area contributed by atoms with Crippen molar-refractivity contribution in [3.63, 3.8) is 0 Å². The van der Waals surface area contributed by atoms with Gasteiger partial charge in [0, 0.05) is 0 Å². The average Bonchev–Trinajstić information content (AvgIpc) is 3.02. The van der Waals surface area contributed by atoms with Crippen molar-refractivity contribution in [1.82, 2.24) is 0 Å². The van der Waals surface area contributed by atoms with Crippen LogP contribution in [0.25, 0.3) is 0 Å². The Hall–Kier alpha value is -0.600. The van der Waals surface area contributed by atoms with Gasteiger partial charge >= 0.3 is 0 Å². The van der Waals surface area contributed by atoms with Crippen molar-refractivity contribution in [2.24, 2.45) is 46.3 Å². The summed E-state index contributed by atoms with van der Waals surface area (Å²) in [4.78, 5) is 0. The standard InChI is InChI=1S/C28H46O2/c1-17(2)18(3)7-8-19(4)23-11-12-24-22-10-9-20-15-21(29)13-14-27(20,5)26(22)25(30)16-28(23,24)6/h9,17,19,21-26,29-30H,3,7-8,10-16H2,1-2,4-6H3/t19-,21+,22+,23-,24+,25-,26-,27+,28-/m1/s1. The number of rotatable bonds is 5. The van der Waals surface area contributed by atoms with Crippen molar-refractivity contribution in [3.05, 3.63) is 23.8 Å². The van der Waals surface area contributed by atoms with Crippen LogP contribution in [0, 0.1) is 46.3 Å². The highest BCUT2D eigenvalue weighted by Gasteiger charge is 2.61. The van der Waals surface area contributed by atoms with Crippen LogP contribution in [0.1, 0.15) is 92.4 Å². The molecule has 170 valence electrons. The van der Waals surface area contributed by atoms with E-state index in [4.69, 9.17) is 0 Å². The smallest absolute Gasteiger partial charge is 0.0585 e. The zero-order valence-corrected chi connectivity index (χ0v) is 20.2. The first kappa shape index (κ1) is 22.6. The Morgan fingerprint density at radius 3 is 2.60 bits per heavy atom. The second kappa shape index (κ2) is 8.07. The van der Waals surface area contributed by atoms with Crippen LogP contribution >= 0.6 is 0 Å². The molecule has 0 saturated heterocycles. The Labute approximate surface area is 185 Å². The summed E-state index contributed by atoms with van der Waals surface area (Å²) in [5.41, 5.74) is 3.21. The molecular formula is C28H46O2. The minimum atomic E-state index is -0.196. The predicted molar refractivity (Wildman–Crippen MR) is 125 cm³/mol. The normalized spacial score (nSPS) is 46.6. The molecular weight excluding hydrogens is 368 g/mol. The van der Waals surface area contributed by atoms with Gasteiger partial charge in [0.25, 0.3) is 0 Å². The van der Waals surface area contributed by atoms with E-state index < -0.39 is 0 Å². The maximum atomic E-state index is 11.6. The predicted octanol–water partition coefficient (Wildman–Crippen LogP) is 6.53. The average molecular weight is 415 g/mol. The summed E-state index contributed by atoms with van der Waals surface area (Å²) in [5.74, 6) is 3.76. The molecule has 0 aromatic carbocycles. The van der Waals surface area contributed by atoms with Crippen LogP contribution in [0.15, 0.2) is 23.8 Å². The lowest BCUT2D eigenvalue weighted by atomic mass is 9.46. The van der Waals surface area contributed by atoms with Gasteiger partial charge in [0.05, 0.1) is 12.2 Å². The van der Waals surface area contributed by atoms with E-state index in [2.05, 4.69) is 47.3 Å². The fraction of sp³-hybridized carbons (Fsp3) is 0.857. The first-order valence-electron chi connectivity index (χ1n) is 12.8. The summed E-state index contributed by atoms with van der Waals surface area (Å²) in [6.45, 7) is 16.2. The second-order valence-corrected chi connectivity index (χ2v) is 12.4. The minimum Gasteiger partial charge on any atom is -0.393 e. The van der Waals surface area contributed by atoms with Crippen molar-refractivity contribution in [1.29, 1.82) is 0 Å². The van der Waals surface area contributed by atoms with E-state index in [0.29, 0.717) is 23.7 Å². The number of aliphatic hydroxyl groups excluding tert-OH is 2. The van der Waals surface area contributed by atoms with E-state index in [0.717, 1.165) is 50.4 Å². The minimum absolute atomic E-state index is 0.0988. The van der Waals surface area contributed by atoms with E-state index in [1.807, 2.05) is 0 Å². The molecule has 30 heavy (non-hydrogen) atoms. The molecule has 0 aromatic rings. The monoisotopic (exact) mass is 414 g/mol. The number of allylic oxidation sites excluding steroid dienone is 2. The largest absolute Gasteiger partial charge is 0.393 e. The molecule has 3 saturated carbocycles. The molecule has 3 fully saturated rings. The van der Waals surface area contributed by atoms with Crippen molar-refractivity contribution >= 4 is 0 Å². The summed E-state index contributed by atoms with van der Waals surface area (Å²) in [6.07, 6.45) is 12.0. The first-order valence-corrected chi connectivity index (χ1v) is 12.8. The molecule has 0 unspecified atom stereocenters. The molecule has 0 radical (unpaired) electrons. The highest BCUT2D eigenvalue weighted by molar-refractivity contribution is 5.26. The third-order valence-electron chi connectivity index (χ3n) is 10.5. The van der Waals surface area contributed by atoms with Gasteiger partial charge in [-0.2, -0.15) is 0 Å². The quantitative estimate of drug-likeness (QED) is 0.502. The van der Waals surface area contributed by atoms with E-state index in [1.54, 1.807) is 0 Å². The fourth-order valence-corrected chi connectivity index (χ4v) is 8.65. The van der Waals surface area contributed by atoms with E-state index in [1.165, 1.54) is 30.4 Å². The Balaban J connectivity index is 1.54. The molecule has 0 heterocycles. The van der Waals surface area contributed by atoms with Gasteiger partial charge in [-0.1, -0.05) is 58.4 Å². The van der Waals surface area contributed by atoms with E-state index in [9.17, 15) is 10.2 Å². The summed E-state index contributed by atoms with van der Waals surface area (Å²) < 4.78 is 0. The van der Waals surface area contributed by atoms with Crippen LogP contribution in [0.5, 0.6) is 0 Å². The topological polar surface area (TPSA) is 40.5 Å². The highest BCUT2D eigenvalue weighted by atomic mass is 16.3. The lowest BCUT2D eigenvalue weighted by Gasteiger charge is -2.60. The molecule has 2 heteroatoms. The van der Waals surface area contributed by atoms with Crippen molar-refractivity contribution in [3.8, 4) is 0 Å². The van der Waals surface area contributed by atoms with Crippen LogP contribution in [0.3, 0.4) is 0 Å². The number of hydrogen-bond donors (Lipinski definition) is 2. The molecule has 2 N–H and O–H groups in total. The Bertz CT molecular complexity index is 693. The van der Waals surface area contributed by atoms with Crippen LogP contribution in [-0.2, 0) is 0 Å². The summed E-state index contributed by atoms with van der Waals surface area (Å²) in [5, 5.41) is 21.8. The lowest BCUT2D eigenvalue weighted by molar-refractivity contribution is -0.129. The van der Waals surface area contributed by atoms with E-state index in [-0.39, 0.29) is 23.0 Å². The Kier molecular flexibility index (Phi) is 6.08. The molecule has 4 rings (SSSR count). The zero-order valence-electron chi connectivity index (χ0n) is 20.2. The summed E-state index contributed by atoms with van der Waals surface area (Å²) >= 11 is 0. The van der Waals surface area contributed by atoms with Crippen molar-refractivity contribution in [2.45, 2.75) is 105 Å². The molecule has 0 aromatic heterocycles. The second-order valence-electron chi connectivity index (χ2n) is 12.4. The fourth-order valence-electron chi connectivity index (χ4n) is 8.65. The maximum absolute atomic E-state index is 11.6. The van der Waals surface area contributed by atoms with Crippen molar-refractivity contribution < 1.29 is 10.2 Å².